The monoisotopic (exact) mass is 326 g/mol. The average Bonchev–Trinajstić information content (AvgIpc) is 2.55. The van der Waals surface area contributed by atoms with Gasteiger partial charge in [0.05, 0.1) is 0 Å². The summed E-state index contributed by atoms with van der Waals surface area (Å²) in [5.74, 6) is 0. The predicted octanol–water partition coefficient (Wildman–Crippen LogP) is 7.19. The molecule has 0 nitrogen and oxygen atoms in total. The van der Waals surface area contributed by atoms with Crippen LogP contribution >= 0.6 is 23.5 Å². The minimum Gasteiger partial charge on any atom is -0.0905 e. The lowest BCUT2D eigenvalue weighted by Crippen LogP contribution is -1.77. The Hall–Kier alpha value is -1.38. The third-order valence-corrected chi connectivity index (χ3v) is 5.02. The van der Waals surface area contributed by atoms with Gasteiger partial charge in [-0.25, -0.2) is 0 Å². The van der Waals surface area contributed by atoms with Crippen LogP contribution < -0.4 is 0 Å². The molecule has 2 aromatic rings. The van der Waals surface area contributed by atoms with Crippen molar-refractivity contribution in [3.05, 3.63) is 77.7 Å². The van der Waals surface area contributed by atoms with Gasteiger partial charge in [-0.3, -0.25) is 0 Å². The van der Waals surface area contributed by atoms with Crippen molar-refractivity contribution in [2.24, 2.45) is 0 Å². The summed E-state index contributed by atoms with van der Waals surface area (Å²) in [5, 5.41) is 0. The number of hydrogen-bond acceptors (Lipinski definition) is 2. The SMILES string of the molecule is CC/C=C\C(=C/CC)Sc1ccc(Sc2ccccc2)cc1. The van der Waals surface area contributed by atoms with E-state index in [2.05, 4.69) is 86.7 Å². The summed E-state index contributed by atoms with van der Waals surface area (Å²) in [5.41, 5.74) is 0. The zero-order valence-electron chi connectivity index (χ0n) is 13.2. The van der Waals surface area contributed by atoms with Crippen molar-refractivity contribution in [2.45, 2.75) is 41.4 Å². The third-order valence-electron chi connectivity index (χ3n) is 2.96. The van der Waals surface area contributed by atoms with Gasteiger partial charge in [0.1, 0.15) is 0 Å². The summed E-state index contributed by atoms with van der Waals surface area (Å²) >= 11 is 3.63. The van der Waals surface area contributed by atoms with Crippen LogP contribution in [0.4, 0.5) is 0 Å². The highest BCUT2D eigenvalue weighted by molar-refractivity contribution is 8.03. The molecule has 0 saturated heterocycles. The highest BCUT2D eigenvalue weighted by atomic mass is 32.2. The van der Waals surface area contributed by atoms with Crippen LogP contribution in [0.2, 0.25) is 0 Å². The Morgan fingerprint density at radius 1 is 0.818 bits per heavy atom. The minimum absolute atomic E-state index is 1.07. The normalized spacial score (nSPS) is 12.0. The van der Waals surface area contributed by atoms with Crippen LogP contribution in [0.15, 0.2) is 92.4 Å². The lowest BCUT2D eigenvalue weighted by molar-refractivity contribution is 1.20. The molecular weight excluding hydrogens is 304 g/mol. The molecule has 0 bridgehead atoms. The molecule has 0 heterocycles. The molecule has 2 heteroatoms. The molecule has 0 aliphatic carbocycles. The zero-order chi connectivity index (χ0) is 15.6. The molecule has 0 fully saturated rings. The summed E-state index contributed by atoms with van der Waals surface area (Å²) in [6.45, 7) is 4.35. The fourth-order valence-corrected chi connectivity index (χ4v) is 3.71. The van der Waals surface area contributed by atoms with Gasteiger partial charge in [-0.2, -0.15) is 0 Å². The summed E-state index contributed by atoms with van der Waals surface area (Å²) < 4.78 is 0. The molecule has 0 N–H and O–H groups in total. The Morgan fingerprint density at radius 2 is 1.45 bits per heavy atom. The first-order valence-corrected chi connectivity index (χ1v) is 9.32. The second kappa shape index (κ2) is 9.60. The van der Waals surface area contributed by atoms with Crippen LogP contribution in [0.25, 0.3) is 0 Å². The maximum Gasteiger partial charge on any atom is 0.0123 e. The Balaban J connectivity index is 2.02. The van der Waals surface area contributed by atoms with Crippen LogP contribution in [0.3, 0.4) is 0 Å². The van der Waals surface area contributed by atoms with E-state index < -0.39 is 0 Å². The van der Waals surface area contributed by atoms with Crippen LogP contribution in [0.5, 0.6) is 0 Å². The summed E-state index contributed by atoms with van der Waals surface area (Å²) in [6.07, 6.45) is 8.87. The molecule has 0 spiro atoms. The lowest BCUT2D eigenvalue weighted by atomic mass is 10.3. The van der Waals surface area contributed by atoms with Gasteiger partial charge < -0.3 is 0 Å². The maximum atomic E-state index is 2.28. The molecule has 0 aromatic heterocycles. The van der Waals surface area contributed by atoms with Gasteiger partial charge in [0.15, 0.2) is 0 Å². The zero-order valence-corrected chi connectivity index (χ0v) is 14.8. The summed E-state index contributed by atoms with van der Waals surface area (Å²) in [7, 11) is 0. The Morgan fingerprint density at radius 3 is 2.09 bits per heavy atom. The Bertz CT molecular complexity index is 610. The number of rotatable bonds is 7. The van der Waals surface area contributed by atoms with E-state index in [1.54, 1.807) is 11.8 Å². The second-order valence-electron chi connectivity index (χ2n) is 4.81. The number of thioether (sulfide) groups is 1. The topological polar surface area (TPSA) is 0 Å². The smallest absolute Gasteiger partial charge is 0.0123 e. The van der Waals surface area contributed by atoms with Crippen molar-refractivity contribution >= 4 is 23.5 Å². The van der Waals surface area contributed by atoms with Gasteiger partial charge in [0.2, 0.25) is 0 Å². The van der Waals surface area contributed by atoms with Crippen molar-refractivity contribution < 1.29 is 0 Å². The largest absolute Gasteiger partial charge is 0.0905 e. The first-order valence-electron chi connectivity index (χ1n) is 7.69. The molecule has 0 aliphatic heterocycles. The Labute approximate surface area is 142 Å². The van der Waals surface area contributed by atoms with Crippen molar-refractivity contribution in [3.63, 3.8) is 0 Å². The van der Waals surface area contributed by atoms with E-state index in [-0.39, 0.29) is 0 Å². The molecule has 0 saturated carbocycles. The molecule has 2 aromatic carbocycles. The van der Waals surface area contributed by atoms with Crippen molar-refractivity contribution in [2.75, 3.05) is 0 Å². The first kappa shape index (κ1) is 17.0. The van der Waals surface area contributed by atoms with Gasteiger partial charge in [0.25, 0.3) is 0 Å². The number of benzene rings is 2. The lowest BCUT2D eigenvalue weighted by Gasteiger charge is -2.05. The quantitative estimate of drug-likeness (QED) is 0.390. The molecule has 0 aliphatic rings. The molecule has 0 atom stereocenters. The van der Waals surface area contributed by atoms with E-state index >= 15 is 0 Å². The highest BCUT2D eigenvalue weighted by Crippen LogP contribution is 2.32. The molecule has 22 heavy (non-hydrogen) atoms. The van der Waals surface area contributed by atoms with E-state index in [0.717, 1.165) is 12.8 Å². The maximum absolute atomic E-state index is 2.28. The first-order chi connectivity index (χ1) is 10.8. The van der Waals surface area contributed by atoms with Crippen LogP contribution in [0, 0.1) is 0 Å². The Kier molecular flexibility index (Phi) is 7.41. The third kappa shape index (κ3) is 5.78. The van der Waals surface area contributed by atoms with Crippen molar-refractivity contribution in [3.8, 4) is 0 Å². The highest BCUT2D eigenvalue weighted by Gasteiger charge is 2.00. The predicted molar refractivity (Wildman–Crippen MR) is 101 cm³/mol. The van der Waals surface area contributed by atoms with Crippen LogP contribution in [-0.4, -0.2) is 0 Å². The van der Waals surface area contributed by atoms with E-state index in [1.807, 2.05) is 11.8 Å². The van der Waals surface area contributed by atoms with Crippen molar-refractivity contribution in [1.29, 1.82) is 0 Å². The van der Waals surface area contributed by atoms with Gasteiger partial charge in [0, 0.05) is 19.6 Å². The molecule has 0 unspecified atom stereocenters. The van der Waals surface area contributed by atoms with Gasteiger partial charge in [-0.15, -0.1) is 0 Å². The average molecular weight is 327 g/mol. The summed E-state index contributed by atoms with van der Waals surface area (Å²) in [4.78, 5) is 5.17. The minimum atomic E-state index is 1.07. The molecule has 0 radical (unpaired) electrons. The molecule has 114 valence electrons. The fraction of sp³-hybridized carbons (Fsp3) is 0.200. The standard InChI is InChI=1S/C20H22S2/c1-3-5-10-17(9-4-2)21-19-13-15-20(16-14-19)22-18-11-7-6-8-12-18/h5-16H,3-4H2,1-2H3/b10-5-,17-9+. The van der Waals surface area contributed by atoms with Crippen molar-refractivity contribution in [1.82, 2.24) is 0 Å². The van der Waals surface area contributed by atoms with Gasteiger partial charge in [-0.05, 0) is 49.2 Å². The molecular formula is C20H22S2. The summed E-state index contributed by atoms with van der Waals surface area (Å²) in [6, 6.07) is 19.3. The second-order valence-corrected chi connectivity index (χ2v) is 7.11. The van der Waals surface area contributed by atoms with Crippen LogP contribution in [0.1, 0.15) is 26.7 Å². The van der Waals surface area contributed by atoms with Gasteiger partial charge >= 0.3 is 0 Å². The van der Waals surface area contributed by atoms with E-state index in [4.69, 9.17) is 0 Å². The number of hydrogen-bond donors (Lipinski definition) is 0. The van der Waals surface area contributed by atoms with Crippen LogP contribution in [-0.2, 0) is 0 Å². The fourth-order valence-electron chi connectivity index (χ4n) is 1.92. The molecule has 0 amide bonds. The van der Waals surface area contributed by atoms with E-state index in [9.17, 15) is 0 Å². The van der Waals surface area contributed by atoms with E-state index in [0.29, 0.717) is 0 Å². The van der Waals surface area contributed by atoms with Gasteiger partial charge in [-0.1, -0.05) is 73.8 Å². The number of allylic oxidation sites excluding steroid dienone is 3. The molecule has 2 rings (SSSR count). The van der Waals surface area contributed by atoms with E-state index in [1.165, 1.54) is 19.6 Å².